The van der Waals surface area contributed by atoms with E-state index in [1.54, 1.807) is 0 Å². The van der Waals surface area contributed by atoms with Gasteiger partial charge in [0.05, 0.1) is 5.69 Å². The summed E-state index contributed by atoms with van der Waals surface area (Å²) < 4.78 is 0. The third-order valence-electron chi connectivity index (χ3n) is 2.31. The number of nitrogens with zero attached hydrogens (tertiary/aromatic N) is 2. The minimum atomic E-state index is 0.974. The first-order valence-corrected chi connectivity index (χ1v) is 6.72. The van der Waals surface area contributed by atoms with E-state index in [-0.39, 0.29) is 0 Å². The fraction of sp³-hybridized carbons (Fsp3) is 0.583. The molecular weight excluding hydrogens is 204 g/mol. The van der Waals surface area contributed by atoms with Gasteiger partial charge in [-0.05, 0) is 24.4 Å². The number of hydrogen-bond donors (Lipinski definition) is 0. The van der Waals surface area contributed by atoms with Gasteiger partial charge in [-0.3, -0.25) is 9.88 Å². The Balaban J connectivity index is 2.33. The Morgan fingerprint density at radius 3 is 2.80 bits per heavy atom. The molecule has 0 unspecified atom stereocenters. The van der Waals surface area contributed by atoms with E-state index in [2.05, 4.69) is 35.9 Å². The van der Waals surface area contributed by atoms with Crippen LogP contribution in [0.4, 0.5) is 0 Å². The molecule has 0 bridgehead atoms. The van der Waals surface area contributed by atoms with Crippen LogP contribution in [0, 0.1) is 0 Å². The molecule has 0 aliphatic carbocycles. The molecule has 1 aromatic rings. The molecule has 0 saturated carbocycles. The molecule has 0 aromatic carbocycles. The van der Waals surface area contributed by atoms with E-state index >= 15 is 0 Å². The van der Waals surface area contributed by atoms with Crippen molar-refractivity contribution in [2.24, 2.45) is 0 Å². The molecule has 0 aliphatic heterocycles. The monoisotopic (exact) mass is 224 g/mol. The van der Waals surface area contributed by atoms with Crippen LogP contribution in [0.3, 0.4) is 0 Å². The number of hydrogen-bond acceptors (Lipinski definition) is 3. The molecule has 84 valence electrons. The summed E-state index contributed by atoms with van der Waals surface area (Å²) in [6.07, 6.45) is 1.87. The fourth-order valence-electron chi connectivity index (χ4n) is 1.41. The van der Waals surface area contributed by atoms with Gasteiger partial charge in [0.15, 0.2) is 0 Å². The Labute approximate surface area is 97.1 Å². The van der Waals surface area contributed by atoms with Crippen LogP contribution >= 0.6 is 11.8 Å². The molecule has 0 spiro atoms. The van der Waals surface area contributed by atoms with Crippen LogP contribution in [-0.2, 0) is 6.54 Å². The maximum absolute atomic E-state index is 4.35. The van der Waals surface area contributed by atoms with Crippen molar-refractivity contribution in [3.05, 3.63) is 30.1 Å². The molecule has 2 nitrogen and oxygen atoms in total. The zero-order valence-electron chi connectivity index (χ0n) is 9.65. The van der Waals surface area contributed by atoms with Gasteiger partial charge < -0.3 is 0 Å². The highest BCUT2D eigenvalue weighted by Gasteiger charge is 2.03. The Morgan fingerprint density at radius 1 is 1.33 bits per heavy atom. The molecule has 0 aliphatic rings. The lowest BCUT2D eigenvalue weighted by Crippen LogP contribution is -2.25. The van der Waals surface area contributed by atoms with Gasteiger partial charge in [-0.15, -0.1) is 0 Å². The van der Waals surface area contributed by atoms with Crippen LogP contribution in [0.5, 0.6) is 0 Å². The third-order valence-corrected chi connectivity index (χ3v) is 3.19. The van der Waals surface area contributed by atoms with Gasteiger partial charge in [0.1, 0.15) is 0 Å². The van der Waals surface area contributed by atoms with E-state index in [1.807, 2.05) is 24.0 Å². The molecular formula is C12H20N2S. The summed E-state index contributed by atoms with van der Waals surface area (Å²) in [6.45, 7) is 7.65. The Morgan fingerprint density at radius 2 is 2.20 bits per heavy atom. The average molecular weight is 224 g/mol. The molecule has 1 aromatic heterocycles. The van der Waals surface area contributed by atoms with E-state index in [1.165, 1.54) is 17.2 Å². The van der Waals surface area contributed by atoms with Gasteiger partial charge in [0.2, 0.25) is 0 Å². The van der Waals surface area contributed by atoms with E-state index in [4.69, 9.17) is 0 Å². The van der Waals surface area contributed by atoms with Gasteiger partial charge in [-0.1, -0.05) is 19.9 Å². The second-order valence-corrected chi connectivity index (χ2v) is 4.78. The zero-order valence-corrected chi connectivity index (χ0v) is 10.5. The first-order valence-electron chi connectivity index (χ1n) is 5.56. The number of pyridine rings is 1. The van der Waals surface area contributed by atoms with Crippen molar-refractivity contribution >= 4 is 11.8 Å². The minimum Gasteiger partial charge on any atom is -0.297 e. The van der Waals surface area contributed by atoms with Crippen LogP contribution in [0.25, 0.3) is 0 Å². The van der Waals surface area contributed by atoms with Crippen molar-refractivity contribution in [2.75, 3.05) is 24.6 Å². The van der Waals surface area contributed by atoms with Crippen molar-refractivity contribution in [3.63, 3.8) is 0 Å². The quantitative estimate of drug-likeness (QED) is 0.662. The summed E-state index contributed by atoms with van der Waals surface area (Å²) in [5.41, 5.74) is 1.17. The number of rotatable bonds is 7. The van der Waals surface area contributed by atoms with Crippen molar-refractivity contribution in [1.82, 2.24) is 9.88 Å². The first kappa shape index (κ1) is 12.5. The summed E-state index contributed by atoms with van der Waals surface area (Å²) in [6, 6.07) is 6.11. The Kier molecular flexibility index (Phi) is 6.44. The molecule has 15 heavy (non-hydrogen) atoms. The predicted octanol–water partition coefficient (Wildman–Crippen LogP) is 2.66. The van der Waals surface area contributed by atoms with Crippen molar-refractivity contribution in [3.8, 4) is 0 Å². The lowest BCUT2D eigenvalue weighted by molar-refractivity contribution is 0.295. The molecule has 0 fully saturated rings. The first-order chi connectivity index (χ1) is 7.36. The Bertz CT molecular complexity index is 251. The van der Waals surface area contributed by atoms with E-state index in [9.17, 15) is 0 Å². The Hall–Kier alpha value is -0.540. The molecule has 0 atom stereocenters. The average Bonchev–Trinajstić information content (AvgIpc) is 2.29. The van der Waals surface area contributed by atoms with Gasteiger partial charge in [0.25, 0.3) is 0 Å². The summed E-state index contributed by atoms with van der Waals surface area (Å²) in [4.78, 5) is 6.78. The highest BCUT2D eigenvalue weighted by molar-refractivity contribution is 7.99. The predicted molar refractivity (Wildman–Crippen MR) is 68.2 cm³/mol. The van der Waals surface area contributed by atoms with Gasteiger partial charge in [-0.25, -0.2) is 0 Å². The minimum absolute atomic E-state index is 0.974. The summed E-state index contributed by atoms with van der Waals surface area (Å²) in [7, 11) is 0. The van der Waals surface area contributed by atoms with Gasteiger partial charge in [-0.2, -0.15) is 11.8 Å². The van der Waals surface area contributed by atoms with E-state index < -0.39 is 0 Å². The van der Waals surface area contributed by atoms with E-state index in [0.29, 0.717) is 0 Å². The fourth-order valence-corrected chi connectivity index (χ4v) is 2.08. The van der Waals surface area contributed by atoms with Crippen molar-refractivity contribution < 1.29 is 0 Å². The molecule has 1 heterocycles. The second-order valence-electron chi connectivity index (χ2n) is 3.39. The zero-order chi connectivity index (χ0) is 10.9. The number of thioether (sulfide) groups is 1. The largest absolute Gasteiger partial charge is 0.297 e. The van der Waals surface area contributed by atoms with Crippen LogP contribution < -0.4 is 0 Å². The third kappa shape index (κ3) is 5.19. The molecule has 0 N–H and O–H groups in total. The van der Waals surface area contributed by atoms with Crippen LogP contribution in [0.1, 0.15) is 19.5 Å². The summed E-state index contributed by atoms with van der Waals surface area (Å²) in [5.74, 6) is 2.43. The van der Waals surface area contributed by atoms with E-state index in [0.717, 1.165) is 19.6 Å². The number of aromatic nitrogens is 1. The van der Waals surface area contributed by atoms with Gasteiger partial charge >= 0.3 is 0 Å². The molecule has 0 radical (unpaired) electrons. The van der Waals surface area contributed by atoms with Crippen molar-refractivity contribution in [2.45, 2.75) is 20.4 Å². The van der Waals surface area contributed by atoms with Gasteiger partial charge in [0, 0.05) is 25.0 Å². The van der Waals surface area contributed by atoms with Crippen molar-refractivity contribution in [1.29, 1.82) is 0 Å². The maximum Gasteiger partial charge on any atom is 0.0543 e. The summed E-state index contributed by atoms with van der Waals surface area (Å²) in [5, 5.41) is 0. The maximum atomic E-state index is 4.35. The highest BCUT2D eigenvalue weighted by Crippen LogP contribution is 2.04. The summed E-state index contributed by atoms with van der Waals surface area (Å²) >= 11 is 2.00. The van der Waals surface area contributed by atoms with Crippen LogP contribution in [0.2, 0.25) is 0 Å². The lowest BCUT2D eigenvalue weighted by Gasteiger charge is -2.19. The normalized spacial score (nSPS) is 10.9. The molecule has 0 saturated heterocycles. The standard InChI is InChI=1S/C12H20N2S/c1-3-14(9-10-15-4-2)11-12-7-5-6-8-13-12/h5-8H,3-4,9-11H2,1-2H3. The molecule has 3 heteroatoms. The van der Waals surface area contributed by atoms with Crippen LogP contribution in [0.15, 0.2) is 24.4 Å². The lowest BCUT2D eigenvalue weighted by atomic mass is 10.3. The SMILES string of the molecule is CCSCCN(CC)Cc1ccccn1. The molecule has 0 amide bonds. The molecule has 1 rings (SSSR count). The topological polar surface area (TPSA) is 16.1 Å². The van der Waals surface area contributed by atoms with Crippen LogP contribution in [-0.4, -0.2) is 34.5 Å². The second kappa shape index (κ2) is 7.71. The highest BCUT2D eigenvalue weighted by atomic mass is 32.2. The smallest absolute Gasteiger partial charge is 0.0543 e.